The van der Waals surface area contributed by atoms with Gasteiger partial charge in [0.05, 0.1) is 4.90 Å². The molecular formula is C25H23ClN2O5S. The van der Waals surface area contributed by atoms with Gasteiger partial charge in [0.15, 0.2) is 0 Å². The number of sulfonamides is 1. The SMILES string of the molecule is CC(C)C(C(=O)O)N1Cc2cc(-c3ccc(NS(=O)(=O)c4cccc(Cl)c4)cc3)ccc2C1=O. The van der Waals surface area contributed by atoms with Crippen LogP contribution in [0.4, 0.5) is 5.69 Å². The van der Waals surface area contributed by atoms with Gasteiger partial charge in [0.25, 0.3) is 15.9 Å². The zero-order chi connectivity index (χ0) is 24.6. The van der Waals surface area contributed by atoms with Gasteiger partial charge in [-0.25, -0.2) is 13.2 Å². The van der Waals surface area contributed by atoms with E-state index in [1.165, 1.54) is 17.0 Å². The first-order valence-electron chi connectivity index (χ1n) is 10.6. The monoisotopic (exact) mass is 498 g/mol. The topological polar surface area (TPSA) is 104 Å². The summed E-state index contributed by atoms with van der Waals surface area (Å²) >= 11 is 5.90. The lowest BCUT2D eigenvalue weighted by Gasteiger charge is -2.27. The normalized spacial score (nSPS) is 14.2. The second-order valence-electron chi connectivity index (χ2n) is 8.47. The number of rotatable bonds is 7. The Morgan fingerprint density at radius 2 is 1.71 bits per heavy atom. The number of carboxylic acid groups (broad SMARTS) is 1. The minimum Gasteiger partial charge on any atom is -0.480 e. The summed E-state index contributed by atoms with van der Waals surface area (Å²) in [5, 5.41) is 9.91. The summed E-state index contributed by atoms with van der Waals surface area (Å²) in [6.45, 7) is 3.79. The Kier molecular flexibility index (Phi) is 6.38. The van der Waals surface area contributed by atoms with E-state index in [-0.39, 0.29) is 23.3 Å². The molecular weight excluding hydrogens is 476 g/mol. The van der Waals surface area contributed by atoms with Gasteiger partial charge in [-0.2, -0.15) is 0 Å². The number of anilines is 1. The Labute approximate surface area is 203 Å². The molecule has 34 heavy (non-hydrogen) atoms. The van der Waals surface area contributed by atoms with Crippen LogP contribution in [0.15, 0.2) is 71.6 Å². The number of hydrogen-bond acceptors (Lipinski definition) is 4. The maximum atomic E-state index is 12.8. The number of amides is 1. The van der Waals surface area contributed by atoms with Crippen molar-refractivity contribution < 1.29 is 23.1 Å². The van der Waals surface area contributed by atoms with E-state index in [2.05, 4.69) is 4.72 Å². The van der Waals surface area contributed by atoms with Gasteiger partial charge in [0, 0.05) is 22.8 Å². The molecule has 1 heterocycles. The Morgan fingerprint density at radius 3 is 2.32 bits per heavy atom. The average Bonchev–Trinajstić information content (AvgIpc) is 3.09. The molecule has 176 valence electrons. The predicted octanol–water partition coefficient (Wildman–Crippen LogP) is 4.87. The first-order valence-corrected chi connectivity index (χ1v) is 12.5. The van der Waals surface area contributed by atoms with Gasteiger partial charge in [-0.15, -0.1) is 0 Å². The number of carbonyl (C=O) groups excluding carboxylic acids is 1. The third-order valence-corrected chi connectivity index (χ3v) is 7.35. The molecule has 0 aliphatic carbocycles. The van der Waals surface area contributed by atoms with Crippen molar-refractivity contribution >= 4 is 39.2 Å². The third kappa shape index (κ3) is 4.64. The zero-order valence-corrected chi connectivity index (χ0v) is 20.1. The maximum absolute atomic E-state index is 12.8. The molecule has 1 unspecified atom stereocenters. The molecule has 9 heteroatoms. The summed E-state index contributed by atoms with van der Waals surface area (Å²) in [5.41, 5.74) is 3.33. The molecule has 0 fully saturated rings. The van der Waals surface area contributed by atoms with Gasteiger partial charge in [-0.1, -0.05) is 49.7 Å². The molecule has 1 aliphatic heterocycles. The summed E-state index contributed by atoms with van der Waals surface area (Å²) in [6, 6.07) is 17.4. The first-order chi connectivity index (χ1) is 16.1. The van der Waals surface area contributed by atoms with Gasteiger partial charge >= 0.3 is 5.97 Å². The standard InChI is InChI=1S/C25H23ClN2O5S/c1-15(2)23(25(30)31)28-14-18-12-17(8-11-22(18)24(28)29)16-6-9-20(10-7-16)27-34(32,33)21-5-3-4-19(26)13-21/h3-13,15,23,27H,14H2,1-2H3,(H,30,31). The molecule has 2 N–H and O–H groups in total. The van der Waals surface area contributed by atoms with Gasteiger partial charge in [-0.05, 0) is 65.1 Å². The van der Waals surface area contributed by atoms with E-state index in [1.807, 2.05) is 6.07 Å². The van der Waals surface area contributed by atoms with E-state index in [9.17, 15) is 23.1 Å². The maximum Gasteiger partial charge on any atom is 0.326 e. The minimum absolute atomic E-state index is 0.0676. The predicted molar refractivity (Wildman–Crippen MR) is 130 cm³/mol. The number of nitrogens with one attached hydrogen (secondary N) is 1. The Balaban J connectivity index is 1.55. The number of hydrogen-bond donors (Lipinski definition) is 2. The number of nitrogens with zero attached hydrogens (tertiary/aromatic N) is 1. The molecule has 1 amide bonds. The van der Waals surface area contributed by atoms with Crippen LogP contribution in [0.3, 0.4) is 0 Å². The molecule has 0 saturated heterocycles. The number of carboxylic acids is 1. The fourth-order valence-corrected chi connectivity index (χ4v) is 5.46. The second-order valence-corrected chi connectivity index (χ2v) is 10.6. The summed E-state index contributed by atoms with van der Waals surface area (Å²) in [6.07, 6.45) is 0. The van der Waals surface area contributed by atoms with Crippen LogP contribution in [-0.2, 0) is 21.4 Å². The summed E-state index contributed by atoms with van der Waals surface area (Å²) in [7, 11) is -3.78. The van der Waals surface area contributed by atoms with Gasteiger partial charge in [0.1, 0.15) is 6.04 Å². The zero-order valence-electron chi connectivity index (χ0n) is 18.5. The van der Waals surface area contributed by atoms with Crippen LogP contribution in [0.25, 0.3) is 11.1 Å². The lowest BCUT2D eigenvalue weighted by Crippen LogP contribution is -2.44. The van der Waals surface area contributed by atoms with Crippen molar-refractivity contribution in [2.24, 2.45) is 5.92 Å². The number of carbonyl (C=O) groups is 2. The van der Waals surface area contributed by atoms with Crippen molar-refractivity contribution in [3.05, 3.63) is 82.9 Å². The van der Waals surface area contributed by atoms with Crippen LogP contribution in [-0.4, -0.2) is 36.3 Å². The number of fused-ring (bicyclic) bond motifs is 1. The highest BCUT2D eigenvalue weighted by Crippen LogP contribution is 2.32. The summed E-state index contributed by atoms with van der Waals surface area (Å²) in [4.78, 5) is 26.0. The van der Waals surface area contributed by atoms with Crippen LogP contribution >= 0.6 is 11.6 Å². The lowest BCUT2D eigenvalue weighted by molar-refractivity contribution is -0.144. The third-order valence-electron chi connectivity index (χ3n) is 5.73. The summed E-state index contributed by atoms with van der Waals surface area (Å²) in [5.74, 6) is -1.53. The number of halogens is 1. The van der Waals surface area contributed by atoms with E-state index >= 15 is 0 Å². The van der Waals surface area contributed by atoms with Gasteiger partial charge in [-0.3, -0.25) is 9.52 Å². The molecule has 4 rings (SSSR count). The highest BCUT2D eigenvalue weighted by atomic mass is 35.5. The molecule has 1 atom stereocenters. The molecule has 0 bridgehead atoms. The smallest absolute Gasteiger partial charge is 0.326 e. The van der Waals surface area contributed by atoms with Crippen molar-refractivity contribution in [3.63, 3.8) is 0 Å². The molecule has 0 aromatic heterocycles. The van der Waals surface area contributed by atoms with E-state index < -0.39 is 22.0 Å². The van der Waals surface area contributed by atoms with Crippen LogP contribution < -0.4 is 4.72 Å². The van der Waals surface area contributed by atoms with E-state index in [0.29, 0.717) is 16.3 Å². The van der Waals surface area contributed by atoms with Crippen LogP contribution in [0.1, 0.15) is 29.8 Å². The fourth-order valence-electron chi connectivity index (χ4n) is 4.10. The van der Waals surface area contributed by atoms with Crippen LogP contribution in [0, 0.1) is 5.92 Å². The van der Waals surface area contributed by atoms with Gasteiger partial charge < -0.3 is 10.0 Å². The Hall–Kier alpha value is -3.36. The Bertz CT molecular complexity index is 1370. The molecule has 3 aromatic rings. The van der Waals surface area contributed by atoms with E-state index in [4.69, 9.17) is 11.6 Å². The van der Waals surface area contributed by atoms with Crippen molar-refractivity contribution in [2.75, 3.05) is 4.72 Å². The molecule has 3 aromatic carbocycles. The van der Waals surface area contributed by atoms with Gasteiger partial charge in [0.2, 0.25) is 0 Å². The van der Waals surface area contributed by atoms with Crippen molar-refractivity contribution in [2.45, 2.75) is 31.3 Å². The highest BCUT2D eigenvalue weighted by molar-refractivity contribution is 7.92. The van der Waals surface area contributed by atoms with Crippen LogP contribution in [0.5, 0.6) is 0 Å². The van der Waals surface area contributed by atoms with E-state index in [0.717, 1.165) is 16.7 Å². The number of benzene rings is 3. The average molecular weight is 499 g/mol. The second kappa shape index (κ2) is 9.12. The largest absolute Gasteiger partial charge is 0.480 e. The fraction of sp³-hybridized carbons (Fsp3) is 0.200. The minimum atomic E-state index is -3.78. The molecule has 0 saturated carbocycles. The molecule has 7 nitrogen and oxygen atoms in total. The molecule has 1 aliphatic rings. The van der Waals surface area contributed by atoms with Crippen molar-refractivity contribution in [3.8, 4) is 11.1 Å². The number of aliphatic carboxylic acids is 1. The first kappa shape index (κ1) is 23.8. The van der Waals surface area contributed by atoms with Crippen molar-refractivity contribution in [1.29, 1.82) is 0 Å². The summed E-state index contributed by atoms with van der Waals surface area (Å²) < 4.78 is 27.7. The highest BCUT2D eigenvalue weighted by Gasteiger charge is 2.38. The lowest BCUT2D eigenvalue weighted by atomic mass is 10.0. The van der Waals surface area contributed by atoms with Crippen LogP contribution in [0.2, 0.25) is 5.02 Å². The Morgan fingerprint density at radius 1 is 1.03 bits per heavy atom. The van der Waals surface area contributed by atoms with E-state index in [1.54, 1.807) is 62.4 Å². The quantitative estimate of drug-likeness (QED) is 0.483. The molecule has 0 radical (unpaired) electrons. The molecule has 0 spiro atoms. The van der Waals surface area contributed by atoms with Crippen molar-refractivity contribution in [1.82, 2.24) is 4.90 Å².